The molecular formula is C6H8N2OS. The first-order valence-corrected chi connectivity index (χ1v) is 3.87. The van der Waals surface area contributed by atoms with Gasteiger partial charge in [0.1, 0.15) is 0 Å². The Morgan fingerprint density at radius 2 is 2.60 bits per heavy atom. The van der Waals surface area contributed by atoms with Gasteiger partial charge in [0.15, 0.2) is 5.17 Å². The van der Waals surface area contributed by atoms with Gasteiger partial charge in [0, 0.05) is 6.54 Å². The van der Waals surface area contributed by atoms with Crippen molar-refractivity contribution in [2.45, 2.75) is 0 Å². The molecule has 1 N–H and O–H groups in total. The molecule has 1 saturated heterocycles. The topological polar surface area (TPSA) is 44.2 Å². The number of amidine groups is 1. The van der Waals surface area contributed by atoms with Crippen molar-refractivity contribution in [3.63, 3.8) is 0 Å². The largest absolute Gasteiger partial charge is 0.287 e. The summed E-state index contributed by atoms with van der Waals surface area (Å²) in [6.07, 6.45) is 1.62. The second-order valence-electron chi connectivity index (χ2n) is 1.89. The molecule has 1 amide bonds. The third-order valence-electron chi connectivity index (χ3n) is 1.19. The first-order chi connectivity index (χ1) is 4.75. The van der Waals surface area contributed by atoms with E-state index in [9.17, 15) is 4.79 Å². The number of hydrogen-bond donors (Lipinski definition) is 1. The SMILES string of the molecule is C=CCN1C(=N)SCC1=O. The normalized spacial score (nSPS) is 18.2. The Morgan fingerprint density at radius 3 is 3.00 bits per heavy atom. The average molecular weight is 156 g/mol. The summed E-state index contributed by atoms with van der Waals surface area (Å²) in [6, 6.07) is 0. The van der Waals surface area contributed by atoms with Crippen LogP contribution >= 0.6 is 11.8 Å². The van der Waals surface area contributed by atoms with Crippen LogP contribution in [0.25, 0.3) is 0 Å². The molecule has 1 aliphatic rings. The lowest BCUT2D eigenvalue weighted by Crippen LogP contribution is -2.28. The molecule has 1 rings (SSSR count). The molecule has 0 bridgehead atoms. The fourth-order valence-electron chi connectivity index (χ4n) is 0.713. The quantitative estimate of drug-likeness (QED) is 0.597. The number of rotatable bonds is 2. The summed E-state index contributed by atoms with van der Waals surface area (Å²) in [6.45, 7) is 3.96. The van der Waals surface area contributed by atoms with Gasteiger partial charge < -0.3 is 0 Å². The first kappa shape index (κ1) is 7.34. The van der Waals surface area contributed by atoms with Gasteiger partial charge in [-0.3, -0.25) is 15.1 Å². The van der Waals surface area contributed by atoms with E-state index in [1.54, 1.807) is 6.08 Å². The average Bonchev–Trinajstić information content (AvgIpc) is 2.20. The third kappa shape index (κ3) is 1.21. The summed E-state index contributed by atoms with van der Waals surface area (Å²) >= 11 is 1.27. The van der Waals surface area contributed by atoms with Crippen molar-refractivity contribution < 1.29 is 4.79 Å². The van der Waals surface area contributed by atoms with E-state index in [-0.39, 0.29) is 5.91 Å². The zero-order valence-corrected chi connectivity index (χ0v) is 6.28. The Hall–Kier alpha value is -0.770. The summed E-state index contributed by atoms with van der Waals surface area (Å²) in [5, 5.41) is 7.60. The van der Waals surface area contributed by atoms with E-state index in [0.29, 0.717) is 17.5 Å². The van der Waals surface area contributed by atoms with Crippen LogP contribution in [0.5, 0.6) is 0 Å². The van der Waals surface area contributed by atoms with Gasteiger partial charge in [-0.15, -0.1) is 6.58 Å². The van der Waals surface area contributed by atoms with Gasteiger partial charge in [-0.1, -0.05) is 17.8 Å². The maximum atomic E-state index is 10.9. The van der Waals surface area contributed by atoms with E-state index >= 15 is 0 Å². The van der Waals surface area contributed by atoms with E-state index < -0.39 is 0 Å². The molecule has 10 heavy (non-hydrogen) atoms. The maximum absolute atomic E-state index is 10.9. The highest BCUT2D eigenvalue weighted by Crippen LogP contribution is 2.16. The van der Waals surface area contributed by atoms with Gasteiger partial charge in [0.2, 0.25) is 5.91 Å². The summed E-state index contributed by atoms with van der Waals surface area (Å²) in [7, 11) is 0. The monoisotopic (exact) mass is 156 g/mol. The minimum Gasteiger partial charge on any atom is -0.287 e. The second-order valence-corrected chi connectivity index (χ2v) is 2.85. The molecule has 1 aliphatic heterocycles. The molecular weight excluding hydrogens is 148 g/mol. The maximum Gasteiger partial charge on any atom is 0.239 e. The molecule has 0 aromatic rings. The molecule has 1 fully saturated rings. The van der Waals surface area contributed by atoms with Crippen LogP contribution in [-0.2, 0) is 4.79 Å². The predicted molar refractivity (Wildman–Crippen MR) is 42.1 cm³/mol. The molecule has 0 saturated carbocycles. The lowest BCUT2D eigenvalue weighted by atomic mass is 10.5. The standard InChI is InChI=1S/C6H8N2OS/c1-2-3-8-5(9)4-10-6(8)7/h2,7H,1,3-4H2. The van der Waals surface area contributed by atoms with Crippen molar-refractivity contribution in [1.82, 2.24) is 4.90 Å². The lowest BCUT2D eigenvalue weighted by Gasteiger charge is -2.10. The predicted octanol–water partition coefficient (Wildman–Crippen LogP) is 0.683. The summed E-state index contributed by atoms with van der Waals surface area (Å²) in [5.41, 5.74) is 0. The second kappa shape index (κ2) is 2.88. The Labute approximate surface area is 63.6 Å². The Kier molecular flexibility index (Phi) is 2.11. The van der Waals surface area contributed by atoms with Crippen LogP contribution < -0.4 is 0 Å². The van der Waals surface area contributed by atoms with Crippen molar-refractivity contribution in [3.8, 4) is 0 Å². The van der Waals surface area contributed by atoms with Crippen LogP contribution in [0, 0.1) is 5.41 Å². The number of carbonyl (C=O) groups excluding carboxylic acids is 1. The molecule has 4 heteroatoms. The van der Waals surface area contributed by atoms with E-state index in [1.165, 1.54) is 16.7 Å². The van der Waals surface area contributed by atoms with Gasteiger partial charge in [0.25, 0.3) is 0 Å². The van der Waals surface area contributed by atoms with Crippen LogP contribution in [0.2, 0.25) is 0 Å². The molecule has 0 radical (unpaired) electrons. The summed E-state index contributed by atoms with van der Waals surface area (Å²) in [4.78, 5) is 12.3. The molecule has 0 aliphatic carbocycles. The highest BCUT2D eigenvalue weighted by atomic mass is 32.2. The zero-order chi connectivity index (χ0) is 7.56. The van der Waals surface area contributed by atoms with Gasteiger partial charge in [-0.2, -0.15) is 0 Å². The molecule has 1 heterocycles. The van der Waals surface area contributed by atoms with Crippen LogP contribution in [-0.4, -0.2) is 28.3 Å². The number of amides is 1. The molecule has 0 aromatic heterocycles. The lowest BCUT2D eigenvalue weighted by molar-refractivity contribution is -0.123. The Morgan fingerprint density at radius 1 is 1.90 bits per heavy atom. The van der Waals surface area contributed by atoms with E-state index in [4.69, 9.17) is 5.41 Å². The van der Waals surface area contributed by atoms with Crippen LogP contribution in [0.4, 0.5) is 0 Å². The van der Waals surface area contributed by atoms with Crippen molar-refractivity contribution in [1.29, 1.82) is 5.41 Å². The fourth-order valence-corrected chi connectivity index (χ4v) is 1.46. The highest BCUT2D eigenvalue weighted by molar-refractivity contribution is 8.14. The molecule has 0 unspecified atom stereocenters. The number of hydrogen-bond acceptors (Lipinski definition) is 3. The third-order valence-corrected chi connectivity index (χ3v) is 2.08. The first-order valence-electron chi connectivity index (χ1n) is 2.88. The van der Waals surface area contributed by atoms with Crippen molar-refractivity contribution in [3.05, 3.63) is 12.7 Å². The highest BCUT2D eigenvalue weighted by Gasteiger charge is 2.24. The van der Waals surface area contributed by atoms with Crippen molar-refractivity contribution >= 4 is 22.8 Å². The van der Waals surface area contributed by atoms with Crippen LogP contribution in [0.15, 0.2) is 12.7 Å². The number of nitrogens with one attached hydrogen (secondary N) is 1. The molecule has 0 aromatic carbocycles. The number of thioether (sulfide) groups is 1. The van der Waals surface area contributed by atoms with Crippen molar-refractivity contribution in [2.75, 3.05) is 12.3 Å². The van der Waals surface area contributed by atoms with Gasteiger partial charge in [0.05, 0.1) is 5.75 Å². The fraction of sp³-hybridized carbons (Fsp3) is 0.333. The zero-order valence-electron chi connectivity index (χ0n) is 5.46. The van der Waals surface area contributed by atoms with Gasteiger partial charge in [-0.25, -0.2) is 0 Å². The van der Waals surface area contributed by atoms with Gasteiger partial charge in [-0.05, 0) is 0 Å². The van der Waals surface area contributed by atoms with Crippen LogP contribution in [0.3, 0.4) is 0 Å². The smallest absolute Gasteiger partial charge is 0.239 e. The number of nitrogens with zero attached hydrogens (tertiary/aromatic N) is 1. The Bertz CT molecular complexity index is 174. The minimum atomic E-state index is 0.00917. The van der Waals surface area contributed by atoms with E-state index in [1.807, 2.05) is 0 Å². The molecule has 0 spiro atoms. The molecule has 0 atom stereocenters. The summed E-state index contributed by atoms with van der Waals surface area (Å²) < 4.78 is 0. The van der Waals surface area contributed by atoms with Gasteiger partial charge >= 0.3 is 0 Å². The van der Waals surface area contributed by atoms with Crippen molar-refractivity contribution in [2.24, 2.45) is 0 Å². The minimum absolute atomic E-state index is 0.00917. The molecule has 3 nitrogen and oxygen atoms in total. The molecule has 54 valence electrons. The number of carbonyl (C=O) groups is 1. The van der Waals surface area contributed by atoms with E-state index in [2.05, 4.69) is 6.58 Å². The Balaban J connectivity index is 2.62. The summed E-state index contributed by atoms with van der Waals surface area (Å²) in [5.74, 6) is 0.419. The van der Waals surface area contributed by atoms with Crippen LogP contribution in [0.1, 0.15) is 0 Å². The van der Waals surface area contributed by atoms with E-state index in [0.717, 1.165) is 0 Å².